The summed E-state index contributed by atoms with van der Waals surface area (Å²) in [4.78, 5) is 9.01. The Balaban J connectivity index is 1.49. The highest BCUT2D eigenvalue weighted by atomic mass is 35.5. The predicted octanol–water partition coefficient (Wildman–Crippen LogP) is 5.54. The molecule has 0 bridgehead atoms. The van der Waals surface area contributed by atoms with Gasteiger partial charge >= 0.3 is 0 Å². The highest BCUT2D eigenvalue weighted by Crippen LogP contribution is 2.29. The molecule has 0 atom stereocenters. The second-order valence-electron chi connectivity index (χ2n) is 6.30. The number of fused-ring (bicyclic) bond motifs is 1. The minimum atomic E-state index is 0.515. The number of hydrogen-bond acceptors (Lipinski definition) is 7. The Hall–Kier alpha value is -1.96. The molecule has 0 saturated heterocycles. The zero-order chi connectivity index (χ0) is 19.0. The molecule has 0 aliphatic carbocycles. The number of benzene rings is 1. The molecule has 0 N–H and O–H groups in total. The number of rotatable bonds is 5. The Bertz CT molecular complexity index is 1120. The van der Waals surface area contributed by atoms with Crippen LogP contribution in [0.1, 0.15) is 33.3 Å². The zero-order valence-electron chi connectivity index (χ0n) is 15.1. The van der Waals surface area contributed by atoms with Gasteiger partial charge in [-0.2, -0.15) is 0 Å². The van der Waals surface area contributed by atoms with Gasteiger partial charge in [-0.05, 0) is 38.0 Å². The van der Waals surface area contributed by atoms with Crippen LogP contribution in [-0.2, 0) is 12.2 Å². The molecule has 0 aliphatic rings. The van der Waals surface area contributed by atoms with E-state index >= 15 is 0 Å². The van der Waals surface area contributed by atoms with Crippen molar-refractivity contribution in [2.24, 2.45) is 0 Å². The molecule has 4 aromatic rings. The van der Waals surface area contributed by atoms with E-state index in [0.717, 1.165) is 32.7 Å². The number of hydrogen-bond donors (Lipinski definition) is 0. The maximum absolute atomic E-state index is 6.41. The van der Waals surface area contributed by atoms with Gasteiger partial charge in [-0.25, -0.2) is 9.97 Å². The van der Waals surface area contributed by atoms with E-state index in [-0.39, 0.29) is 0 Å². The van der Waals surface area contributed by atoms with Crippen molar-refractivity contribution in [1.82, 2.24) is 20.2 Å². The van der Waals surface area contributed by atoms with E-state index in [1.165, 1.54) is 17.3 Å². The van der Waals surface area contributed by atoms with E-state index in [9.17, 15) is 0 Å². The van der Waals surface area contributed by atoms with Crippen molar-refractivity contribution in [3.63, 3.8) is 0 Å². The molecule has 3 aromatic heterocycles. The van der Waals surface area contributed by atoms with Crippen LogP contribution in [0.5, 0.6) is 0 Å². The first kappa shape index (κ1) is 18.4. The maximum Gasteiger partial charge on any atom is 0.276 e. The van der Waals surface area contributed by atoms with Gasteiger partial charge in [-0.1, -0.05) is 35.5 Å². The normalized spacial score (nSPS) is 11.4. The summed E-state index contributed by atoms with van der Waals surface area (Å²) in [6.07, 6.45) is 0.550. The van der Waals surface area contributed by atoms with Crippen LogP contribution in [-0.4, -0.2) is 20.2 Å². The van der Waals surface area contributed by atoms with Crippen LogP contribution in [0.25, 0.3) is 10.9 Å². The quantitative estimate of drug-likeness (QED) is 0.314. The van der Waals surface area contributed by atoms with Gasteiger partial charge < -0.3 is 4.42 Å². The van der Waals surface area contributed by atoms with Crippen LogP contribution in [0, 0.1) is 20.8 Å². The van der Waals surface area contributed by atoms with Gasteiger partial charge in [0, 0.05) is 22.1 Å². The first-order valence-corrected chi connectivity index (χ1v) is 10.7. The van der Waals surface area contributed by atoms with Gasteiger partial charge in [-0.15, -0.1) is 21.5 Å². The lowest BCUT2D eigenvalue weighted by Gasteiger charge is -2.08. The largest absolute Gasteiger partial charge is 0.416 e. The van der Waals surface area contributed by atoms with Gasteiger partial charge in [0.1, 0.15) is 5.15 Å². The molecule has 0 radical (unpaired) electrons. The van der Waals surface area contributed by atoms with Crippen molar-refractivity contribution in [2.75, 3.05) is 0 Å². The average molecular weight is 417 g/mol. The number of thiazole rings is 1. The van der Waals surface area contributed by atoms with Crippen molar-refractivity contribution in [2.45, 2.75) is 38.2 Å². The lowest BCUT2D eigenvalue weighted by Crippen LogP contribution is -1.92. The van der Waals surface area contributed by atoms with Crippen LogP contribution in [0.2, 0.25) is 5.15 Å². The third-order valence-corrected chi connectivity index (χ3v) is 6.35. The number of aromatic nitrogens is 4. The molecule has 0 amide bonds. The number of thioether (sulfide) groups is 1. The summed E-state index contributed by atoms with van der Waals surface area (Å²) in [7, 11) is 0. The summed E-state index contributed by atoms with van der Waals surface area (Å²) in [6.45, 7) is 6.13. The Morgan fingerprint density at radius 3 is 2.78 bits per heavy atom. The summed E-state index contributed by atoms with van der Waals surface area (Å²) >= 11 is 9.48. The lowest BCUT2D eigenvalue weighted by atomic mass is 10.0. The second-order valence-corrected chi connectivity index (χ2v) is 8.65. The molecule has 3 heterocycles. The molecule has 5 nitrogen and oxygen atoms in total. The average Bonchev–Trinajstić information content (AvgIpc) is 3.26. The van der Waals surface area contributed by atoms with Gasteiger partial charge in [0.15, 0.2) is 0 Å². The third-order valence-electron chi connectivity index (χ3n) is 4.34. The van der Waals surface area contributed by atoms with Crippen LogP contribution < -0.4 is 0 Å². The fourth-order valence-electron chi connectivity index (χ4n) is 2.76. The number of nitrogens with zero attached hydrogens (tertiary/aromatic N) is 4. The van der Waals surface area contributed by atoms with E-state index in [1.54, 1.807) is 11.3 Å². The minimum absolute atomic E-state index is 0.515. The summed E-state index contributed by atoms with van der Waals surface area (Å²) in [5.74, 6) is 1.18. The fourth-order valence-corrected chi connectivity index (χ4v) is 4.41. The van der Waals surface area contributed by atoms with Gasteiger partial charge in [0.25, 0.3) is 5.22 Å². The summed E-state index contributed by atoms with van der Waals surface area (Å²) in [6, 6.07) is 6.27. The monoisotopic (exact) mass is 416 g/mol. The molecule has 0 aliphatic heterocycles. The highest BCUT2D eigenvalue weighted by molar-refractivity contribution is 7.98. The molecule has 4 rings (SSSR count). The SMILES string of the molecule is Cc1nc(Cc2nnc(SCc3cc4ccc(C)c(C)c4nc3Cl)o2)cs1. The number of pyridine rings is 1. The van der Waals surface area contributed by atoms with Crippen LogP contribution >= 0.6 is 34.7 Å². The van der Waals surface area contributed by atoms with Gasteiger partial charge in [-0.3, -0.25) is 0 Å². The summed E-state index contributed by atoms with van der Waals surface area (Å²) < 4.78 is 5.72. The molecule has 138 valence electrons. The molecule has 0 saturated carbocycles. The fraction of sp³-hybridized carbons (Fsp3) is 0.263. The predicted molar refractivity (Wildman–Crippen MR) is 110 cm³/mol. The first-order valence-electron chi connectivity index (χ1n) is 8.41. The first-order chi connectivity index (χ1) is 13.0. The molecule has 1 aromatic carbocycles. The van der Waals surface area contributed by atoms with Crippen molar-refractivity contribution >= 4 is 45.6 Å². The summed E-state index contributed by atoms with van der Waals surface area (Å²) in [5.41, 5.74) is 5.22. The number of aryl methyl sites for hydroxylation is 3. The Morgan fingerprint density at radius 2 is 2.00 bits per heavy atom. The topological polar surface area (TPSA) is 64.7 Å². The van der Waals surface area contributed by atoms with Crippen molar-refractivity contribution in [3.8, 4) is 0 Å². The lowest BCUT2D eigenvalue weighted by molar-refractivity contribution is 0.419. The van der Waals surface area contributed by atoms with E-state index in [0.29, 0.717) is 28.4 Å². The van der Waals surface area contributed by atoms with E-state index in [4.69, 9.17) is 16.0 Å². The minimum Gasteiger partial charge on any atom is -0.416 e. The van der Waals surface area contributed by atoms with Crippen molar-refractivity contribution < 1.29 is 4.42 Å². The molecule has 0 spiro atoms. The summed E-state index contributed by atoms with van der Waals surface area (Å²) in [5, 5.41) is 13.4. The Kier molecular flexibility index (Phi) is 5.16. The number of halogens is 1. The Labute approximate surface area is 170 Å². The van der Waals surface area contributed by atoms with Crippen molar-refractivity contribution in [3.05, 3.63) is 62.0 Å². The van der Waals surface area contributed by atoms with Crippen molar-refractivity contribution in [1.29, 1.82) is 0 Å². The molecule has 27 heavy (non-hydrogen) atoms. The van der Waals surface area contributed by atoms with Gasteiger partial charge in [0.05, 0.1) is 22.6 Å². The van der Waals surface area contributed by atoms with E-state index < -0.39 is 0 Å². The van der Waals surface area contributed by atoms with Crippen LogP contribution in [0.3, 0.4) is 0 Å². The molecular formula is C19H17ClN4OS2. The van der Waals surface area contributed by atoms with Gasteiger partial charge in [0.2, 0.25) is 5.89 Å². The van der Waals surface area contributed by atoms with E-state index in [2.05, 4.69) is 52.2 Å². The second kappa shape index (κ2) is 7.58. The maximum atomic E-state index is 6.41. The van der Waals surface area contributed by atoms with E-state index in [1.807, 2.05) is 12.3 Å². The molecule has 0 fully saturated rings. The third kappa shape index (κ3) is 4.00. The molecule has 0 unspecified atom stereocenters. The van der Waals surface area contributed by atoms with Crippen LogP contribution in [0.4, 0.5) is 0 Å². The zero-order valence-corrected chi connectivity index (χ0v) is 17.5. The van der Waals surface area contributed by atoms with Crippen LogP contribution in [0.15, 0.2) is 33.2 Å². The highest BCUT2D eigenvalue weighted by Gasteiger charge is 2.12. The Morgan fingerprint density at radius 1 is 1.15 bits per heavy atom. The standard InChI is InChI=1S/C19H17ClN4OS2/c1-10-4-5-13-6-14(18(20)22-17(13)11(10)2)8-27-19-24-23-16(25-19)7-15-9-26-12(3)21-15/h4-6,9H,7-8H2,1-3H3. The molecule has 8 heteroatoms. The molecular weight excluding hydrogens is 400 g/mol. The smallest absolute Gasteiger partial charge is 0.276 e.